The number of nitrogens with zero attached hydrogens (tertiary/aromatic N) is 2. The van der Waals surface area contributed by atoms with Gasteiger partial charge in [-0.05, 0) is 96.4 Å². The van der Waals surface area contributed by atoms with Gasteiger partial charge in [-0.1, -0.05) is 12.1 Å². The molecule has 59 heavy (non-hydrogen) atoms. The molecule has 1 fully saturated rings. The van der Waals surface area contributed by atoms with Crippen molar-refractivity contribution in [2.24, 2.45) is 11.8 Å². The molecule has 3 aliphatic heterocycles. The van der Waals surface area contributed by atoms with Crippen molar-refractivity contribution in [2.75, 3.05) is 45.4 Å². The number of carbonyl (C=O) groups is 4. The second kappa shape index (κ2) is 15.5. The monoisotopic (exact) mass is 816 g/mol. The number of carboxylic acid groups (broad SMARTS) is 1. The van der Waals surface area contributed by atoms with E-state index < -0.39 is 30.3 Å². The molecule has 15 heteroatoms. The van der Waals surface area contributed by atoms with E-state index in [-0.39, 0.29) is 41.1 Å². The summed E-state index contributed by atoms with van der Waals surface area (Å²) in [7, 11) is 7.82. The predicted octanol–water partition coefficient (Wildman–Crippen LogP) is 4.76. The van der Waals surface area contributed by atoms with Crippen molar-refractivity contribution in [1.29, 1.82) is 0 Å². The molecule has 302 valence electrons. The van der Waals surface area contributed by atoms with E-state index in [4.69, 9.17) is 31.2 Å². The van der Waals surface area contributed by atoms with Gasteiger partial charge in [0.15, 0.2) is 5.11 Å². The average Bonchev–Trinajstić information content (AvgIpc) is 3.83. The van der Waals surface area contributed by atoms with Crippen LogP contribution in [0.25, 0.3) is 5.57 Å². The summed E-state index contributed by atoms with van der Waals surface area (Å²) >= 11 is 5.58. The molecule has 3 aliphatic carbocycles. The Hall–Kier alpha value is -6.74. The SMILES string of the molecule is CC1=C[C@H](O/C=C2/C(=O)O[C@H]3c4cc(NC(=O)CNC(=S)Nc5ccc(C(=O)O)c(C6=C7C=CC(=[N+](C)C)C=C7OC7C=C(N(C)C)C=CC67)c5)ccc4C[C@@H]23)OC1=O. The number of cyclic esters (lactones) is 1. The molecular weight excluding hydrogens is 775 g/mol. The maximum Gasteiger partial charge on any atom is 0.338 e. The van der Waals surface area contributed by atoms with Crippen LogP contribution in [0.15, 0.2) is 113 Å². The summed E-state index contributed by atoms with van der Waals surface area (Å²) in [6, 6.07) is 10.4. The van der Waals surface area contributed by atoms with Crippen LogP contribution >= 0.6 is 12.2 Å². The minimum absolute atomic E-state index is 0.125. The minimum Gasteiger partial charge on any atom is -0.484 e. The normalized spacial score (nSPS) is 24.0. The Bertz CT molecular complexity index is 2490. The Balaban J connectivity index is 0.947. The molecular formula is C44H42N5O9S+. The van der Waals surface area contributed by atoms with Crippen LogP contribution in [0.3, 0.4) is 0 Å². The number of esters is 2. The molecule has 6 aliphatic rings. The van der Waals surface area contributed by atoms with E-state index in [1.54, 1.807) is 37.3 Å². The van der Waals surface area contributed by atoms with E-state index in [2.05, 4.69) is 22.0 Å². The Morgan fingerprint density at radius 3 is 2.51 bits per heavy atom. The summed E-state index contributed by atoms with van der Waals surface area (Å²) in [6.45, 7) is 1.46. The zero-order valence-corrected chi connectivity index (χ0v) is 33.7. The second-order valence-corrected chi connectivity index (χ2v) is 15.7. The van der Waals surface area contributed by atoms with Gasteiger partial charge < -0.3 is 44.9 Å². The number of rotatable bonds is 9. The Labute approximate surface area is 345 Å². The fourth-order valence-corrected chi connectivity index (χ4v) is 8.11. The van der Waals surface area contributed by atoms with E-state index in [0.29, 0.717) is 40.3 Å². The number of hydrogen-bond donors (Lipinski definition) is 4. The number of anilines is 2. The quantitative estimate of drug-likeness (QED) is 0.0901. The zero-order chi connectivity index (χ0) is 41.7. The van der Waals surface area contributed by atoms with Crippen molar-refractivity contribution in [2.45, 2.75) is 31.8 Å². The largest absolute Gasteiger partial charge is 0.484 e. The molecule has 5 atom stereocenters. The molecule has 4 N–H and O–H groups in total. The first kappa shape index (κ1) is 39.1. The van der Waals surface area contributed by atoms with Crippen LogP contribution in [0.2, 0.25) is 0 Å². The molecule has 0 aromatic heterocycles. The van der Waals surface area contributed by atoms with Gasteiger partial charge in [0.1, 0.15) is 32.1 Å². The number of carboxylic acids is 1. The van der Waals surface area contributed by atoms with Crippen molar-refractivity contribution < 1.29 is 47.8 Å². The number of hydrogen-bond acceptors (Lipinski definition) is 10. The number of thiocarbonyl (C=S) groups is 1. The second-order valence-electron chi connectivity index (χ2n) is 15.2. The van der Waals surface area contributed by atoms with Crippen molar-refractivity contribution in [3.8, 4) is 0 Å². The fraction of sp³-hybridized carbons (Fsp3) is 0.273. The number of ether oxygens (including phenoxy) is 4. The number of aromatic carboxylic acids is 1. The molecule has 1 saturated heterocycles. The van der Waals surface area contributed by atoms with Crippen molar-refractivity contribution >= 4 is 63.8 Å². The van der Waals surface area contributed by atoms with Crippen LogP contribution in [-0.2, 0) is 39.8 Å². The van der Waals surface area contributed by atoms with Crippen molar-refractivity contribution in [3.05, 3.63) is 136 Å². The molecule has 0 spiro atoms. The number of fused-ring (bicyclic) bond motifs is 5. The first-order chi connectivity index (χ1) is 28.2. The molecule has 2 aromatic carbocycles. The number of allylic oxidation sites excluding steroid dienone is 4. The first-order valence-electron chi connectivity index (χ1n) is 19.0. The van der Waals surface area contributed by atoms with Crippen LogP contribution in [0, 0.1) is 11.8 Å². The first-order valence-corrected chi connectivity index (χ1v) is 19.4. The summed E-state index contributed by atoms with van der Waals surface area (Å²) in [4.78, 5) is 52.2. The average molecular weight is 817 g/mol. The van der Waals surface area contributed by atoms with Crippen molar-refractivity contribution in [3.63, 3.8) is 0 Å². The Morgan fingerprint density at radius 2 is 1.78 bits per heavy atom. The Morgan fingerprint density at radius 1 is 1.00 bits per heavy atom. The third kappa shape index (κ3) is 7.68. The van der Waals surface area contributed by atoms with Gasteiger partial charge in [-0.2, -0.15) is 0 Å². The van der Waals surface area contributed by atoms with E-state index in [1.807, 2.05) is 74.1 Å². The highest BCUT2D eigenvalue weighted by Gasteiger charge is 2.47. The third-order valence-corrected chi connectivity index (χ3v) is 11.2. The Kier molecular flexibility index (Phi) is 10.3. The van der Waals surface area contributed by atoms with E-state index in [9.17, 15) is 24.3 Å². The number of benzene rings is 2. The van der Waals surface area contributed by atoms with Crippen LogP contribution < -0.4 is 16.0 Å². The summed E-state index contributed by atoms with van der Waals surface area (Å²) in [5.41, 5.74) is 7.75. The maximum absolute atomic E-state index is 13.1. The summed E-state index contributed by atoms with van der Waals surface area (Å²) in [6.07, 6.45) is 13.6. The van der Waals surface area contributed by atoms with Gasteiger partial charge in [-0.3, -0.25) is 4.79 Å². The number of amides is 1. The highest BCUT2D eigenvalue weighted by molar-refractivity contribution is 7.80. The van der Waals surface area contributed by atoms with Gasteiger partial charge in [-0.25, -0.2) is 19.0 Å². The maximum atomic E-state index is 13.1. The minimum atomic E-state index is -1.07. The summed E-state index contributed by atoms with van der Waals surface area (Å²) in [5.74, 6) is -2.34. The molecule has 2 aromatic rings. The molecule has 0 bridgehead atoms. The van der Waals surface area contributed by atoms with Crippen molar-refractivity contribution in [1.82, 2.24) is 10.2 Å². The topological polar surface area (TPSA) is 168 Å². The lowest BCUT2D eigenvalue weighted by Crippen LogP contribution is -2.35. The molecule has 3 heterocycles. The summed E-state index contributed by atoms with van der Waals surface area (Å²) in [5, 5.41) is 19.4. The lowest BCUT2D eigenvalue weighted by Gasteiger charge is -2.38. The van der Waals surface area contributed by atoms with Gasteiger partial charge in [0.25, 0.3) is 6.29 Å². The van der Waals surface area contributed by atoms with Gasteiger partial charge in [-0.15, -0.1) is 0 Å². The number of likely N-dealkylation sites (N-methyl/N-ethyl adjacent to an activating group) is 1. The standard InChI is InChI=1S/C44H41N5O9S/c1-22-14-38(57-42(22)53)55-21-34-33-15-23-6-7-24(16-31(23)40(33)58-43(34)54)46-37(50)20-45-44(59)47-25-8-11-28(41(51)52)32(17-25)39-29-12-9-26(48(2)3)18-35(29)56-36-19-27(49(4)5)10-13-30(36)39/h6-14,16-19,21,29,33,35,38,40H,15,20H2,1-5H3,(H3-,45,46,47,50,51,52,59)/p+1/b34-21+/t29?,33-,35?,38+,40-/m0/s1. The van der Waals surface area contributed by atoms with Gasteiger partial charge in [0.05, 0.1) is 30.0 Å². The fourth-order valence-electron chi connectivity index (χ4n) is 7.92. The lowest BCUT2D eigenvalue weighted by atomic mass is 9.77. The van der Waals surface area contributed by atoms with E-state index in [0.717, 1.165) is 33.7 Å². The smallest absolute Gasteiger partial charge is 0.338 e. The highest BCUT2D eigenvalue weighted by Crippen LogP contribution is 2.49. The summed E-state index contributed by atoms with van der Waals surface area (Å²) < 4.78 is 24.9. The van der Waals surface area contributed by atoms with Crippen LogP contribution in [0.5, 0.6) is 0 Å². The van der Waals surface area contributed by atoms with Gasteiger partial charge in [0, 0.05) is 66.3 Å². The van der Waals surface area contributed by atoms with E-state index >= 15 is 0 Å². The third-order valence-electron chi connectivity index (χ3n) is 10.9. The molecule has 0 radical (unpaired) electrons. The lowest BCUT2D eigenvalue weighted by molar-refractivity contribution is -0.462. The molecule has 0 saturated carbocycles. The molecule has 14 nitrogen and oxygen atoms in total. The van der Waals surface area contributed by atoms with E-state index in [1.165, 1.54) is 12.3 Å². The van der Waals surface area contributed by atoms with Crippen LogP contribution in [0.1, 0.15) is 40.1 Å². The molecule has 2 unspecified atom stereocenters. The van der Waals surface area contributed by atoms with Crippen LogP contribution in [0.4, 0.5) is 11.4 Å². The molecule has 1 amide bonds. The van der Waals surface area contributed by atoms with Gasteiger partial charge >= 0.3 is 17.9 Å². The van der Waals surface area contributed by atoms with Crippen LogP contribution in [-0.4, -0.2) is 96.4 Å². The molecule has 8 rings (SSSR count). The number of carbonyl (C=O) groups excluding carboxylic acids is 3. The zero-order valence-electron chi connectivity index (χ0n) is 32.9. The highest BCUT2D eigenvalue weighted by atomic mass is 32.1. The predicted molar refractivity (Wildman–Crippen MR) is 222 cm³/mol. The van der Waals surface area contributed by atoms with Gasteiger partial charge in [0.2, 0.25) is 11.6 Å². The number of nitrogens with one attached hydrogen (secondary N) is 3.